The van der Waals surface area contributed by atoms with Gasteiger partial charge in [-0.05, 0) is 54.8 Å². The lowest BCUT2D eigenvalue weighted by atomic mass is 10.1. The van der Waals surface area contributed by atoms with Gasteiger partial charge in [0.1, 0.15) is 18.6 Å². The van der Waals surface area contributed by atoms with Crippen molar-refractivity contribution >= 4 is 52.6 Å². The second-order valence-electron chi connectivity index (χ2n) is 9.89. The number of aromatic nitrogens is 2. The summed E-state index contributed by atoms with van der Waals surface area (Å²) in [6.07, 6.45) is 1.76. The van der Waals surface area contributed by atoms with Gasteiger partial charge in [0.2, 0.25) is 11.8 Å². The summed E-state index contributed by atoms with van der Waals surface area (Å²) in [5.41, 5.74) is 1.44. The van der Waals surface area contributed by atoms with E-state index in [9.17, 15) is 24.3 Å². The van der Waals surface area contributed by atoms with E-state index in [2.05, 4.69) is 10.3 Å². The van der Waals surface area contributed by atoms with Crippen LogP contribution in [0.2, 0.25) is 10.3 Å². The molecule has 0 spiro atoms. The first-order valence-corrected chi connectivity index (χ1v) is 15.0. The van der Waals surface area contributed by atoms with Crippen LogP contribution in [0, 0.1) is 5.92 Å². The summed E-state index contributed by atoms with van der Waals surface area (Å²) in [7, 11) is 1.46. The topological polar surface area (TPSA) is 134 Å². The third-order valence-electron chi connectivity index (χ3n) is 6.29. The van der Waals surface area contributed by atoms with Crippen molar-refractivity contribution in [3.05, 3.63) is 70.7 Å². The van der Waals surface area contributed by atoms with Gasteiger partial charge >= 0.3 is 5.97 Å². The first-order valence-electron chi connectivity index (χ1n) is 14.2. The largest absolute Gasteiger partial charge is 0.497 e. The van der Waals surface area contributed by atoms with E-state index in [0.717, 1.165) is 0 Å². The van der Waals surface area contributed by atoms with Gasteiger partial charge < -0.3 is 25.0 Å². The monoisotopic (exact) mass is 647 g/mol. The molecule has 1 heterocycles. The highest BCUT2D eigenvalue weighted by Gasteiger charge is 2.25. The number of carbonyl (C=O) groups excluding carboxylic acids is 3. The second kappa shape index (κ2) is 17.9. The fourth-order valence-electron chi connectivity index (χ4n) is 3.96. The molecule has 0 saturated heterocycles. The summed E-state index contributed by atoms with van der Waals surface area (Å²) in [5.74, 6) is -1.83. The van der Waals surface area contributed by atoms with E-state index in [1.807, 2.05) is 27.7 Å². The van der Waals surface area contributed by atoms with Crippen molar-refractivity contribution in [2.24, 2.45) is 5.92 Å². The molecule has 3 rings (SSSR count). The van der Waals surface area contributed by atoms with Gasteiger partial charge in [0.25, 0.3) is 5.91 Å². The first-order chi connectivity index (χ1) is 21.0. The second-order valence-corrected chi connectivity index (χ2v) is 10.6. The lowest BCUT2D eigenvalue weighted by molar-refractivity contribution is -0.138. The maximum Gasteiger partial charge on any atom is 0.305 e. The molecule has 3 aromatic rings. The zero-order valence-electron chi connectivity index (χ0n) is 25.5. The van der Waals surface area contributed by atoms with Crippen molar-refractivity contribution in [1.82, 2.24) is 19.4 Å². The molecule has 1 aromatic heterocycles. The molecule has 0 radical (unpaired) electrons. The number of benzene rings is 2. The number of ether oxygens (including phenoxy) is 1. The summed E-state index contributed by atoms with van der Waals surface area (Å²) >= 11 is 12.1. The summed E-state index contributed by atoms with van der Waals surface area (Å²) in [4.78, 5) is 57.5. The number of hydrogen-bond donors (Lipinski definition) is 2. The maximum absolute atomic E-state index is 13.4. The van der Waals surface area contributed by atoms with E-state index >= 15 is 0 Å². The molecular formula is C31H39Cl2N5O6. The molecule has 0 bridgehead atoms. The molecule has 13 heteroatoms. The average Bonchev–Trinajstić information content (AvgIpc) is 3.35. The number of aliphatic carboxylic acids is 1. The highest BCUT2D eigenvalue weighted by atomic mass is 35.5. The van der Waals surface area contributed by atoms with Crippen LogP contribution < -0.4 is 10.1 Å². The fraction of sp³-hybridized carbons (Fsp3) is 0.387. The van der Waals surface area contributed by atoms with Gasteiger partial charge in [-0.1, -0.05) is 57.0 Å². The van der Waals surface area contributed by atoms with Gasteiger partial charge in [0.05, 0.1) is 20.1 Å². The number of hydrogen-bond acceptors (Lipinski definition) is 6. The summed E-state index contributed by atoms with van der Waals surface area (Å²) < 4.78 is 6.77. The molecule has 0 saturated carbocycles. The Kier molecular flexibility index (Phi) is 14.7. The molecular weight excluding hydrogens is 609 g/mol. The zero-order chi connectivity index (χ0) is 32.8. The smallest absolute Gasteiger partial charge is 0.305 e. The number of nitrogens with one attached hydrogen (secondary N) is 1. The Labute approximate surface area is 267 Å². The van der Waals surface area contributed by atoms with Crippen LogP contribution in [-0.2, 0) is 14.4 Å². The normalized spacial score (nSPS) is 10.5. The number of imidazole rings is 1. The number of amides is 3. The Hall–Kier alpha value is -4.09. The number of carboxylic acids is 1. The fourth-order valence-corrected chi connectivity index (χ4v) is 4.29. The maximum atomic E-state index is 13.4. The summed E-state index contributed by atoms with van der Waals surface area (Å²) in [6, 6.07) is 13.2. The van der Waals surface area contributed by atoms with Crippen LogP contribution in [0.15, 0.2) is 54.9 Å². The number of anilines is 1. The number of nitrogens with zero attached hydrogens (tertiary/aromatic N) is 4. The van der Waals surface area contributed by atoms with Gasteiger partial charge in [0.15, 0.2) is 10.3 Å². The molecule has 3 amide bonds. The van der Waals surface area contributed by atoms with Crippen LogP contribution in [0.3, 0.4) is 0 Å². The van der Waals surface area contributed by atoms with Gasteiger partial charge in [-0.25, -0.2) is 4.98 Å². The minimum atomic E-state index is -1.11. The van der Waals surface area contributed by atoms with Crippen LogP contribution >= 0.6 is 23.2 Å². The average molecular weight is 649 g/mol. The van der Waals surface area contributed by atoms with E-state index in [0.29, 0.717) is 23.5 Å². The number of methoxy groups -OCH3 is 1. The van der Waals surface area contributed by atoms with Crippen molar-refractivity contribution in [3.63, 3.8) is 0 Å². The van der Waals surface area contributed by atoms with Crippen LogP contribution in [0.5, 0.6) is 5.75 Å². The molecule has 0 aliphatic heterocycles. The minimum Gasteiger partial charge on any atom is -0.497 e. The minimum absolute atomic E-state index is 0.173. The lowest BCUT2D eigenvalue weighted by Crippen LogP contribution is -2.46. The van der Waals surface area contributed by atoms with Crippen molar-refractivity contribution in [2.75, 3.05) is 38.6 Å². The molecule has 2 N–H and O–H groups in total. The zero-order valence-corrected chi connectivity index (χ0v) is 27.1. The molecule has 0 atom stereocenters. The van der Waals surface area contributed by atoms with Crippen LogP contribution in [0.25, 0.3) is 5.69 Å². The Morgan fingerprint density at radius 1 is 1.00 bits per heavy atom. The molecule has 0 aliphatic rings. The third-order valence-corrected chi connectivity index (χ3v) is 7.02. The van der Waals surface area contributed by atoms with Crippen molar-refractivity contribution in [3.8, 4) is 11.4 Å². The molecule has 0 fully saturated rings. The molecule has 0 unspecified atom stereocenters. The van der Waals surface area contributed by atoms with Gasteiger partial charge in [-0.15, -0.1) is 0 Å². The quantitative estimate of drug-likeness (QED) is 0.231. The highest BCUT2D eigenvalue weighted by molar-refractivity contribution is 6.40. The van der Waals surface area contributed by atoms with E-state index < -0.39 is 30.2 Å². The van der Waals surface area contributed by atoms with E-state index in [-0.39, 0.29) is 47.8 Å². The van der Waals surface area contributed by atoms with Crippen LogP contribution in [-0.4, -0.2) is 81.4 Å². The van der Waals surface area contributed by atoms with Crippen molar-refractivity contribution < 1.29 is 29.0 Å². The number of rotatable bonds is 14. The summed E-state index contributed by atoms with van der Waals surface area (Å²) in [6.45, 7) is 7.45. The standard InChI is InChI=1S/C29H33Cl2N5O6.C2H6/c1-19(2)11-13-34(16-24(37)33-21-7-9-22(10-8-21)36-18-32-27(30)28(36)31)25(38)17-35(14-12-26(39)40)29(41)20-5-4-6-23(15-20)42-3;1-2/h4-10,15,18-19H,11-14,16-17H2,1-3H3,(H,33,37)(H,39,40);1-2H3. The number of carbonyl (C=O) groups is 4. The van der Waals surface area contributed by atoms with Crippen molar-refractivity contribution in [1.29, 1.82) is 0 Å². The van der Waals surface area contributed by atoms with Crippen LogP contribution in [0.1, 0.15) is 50.9 Å². The Morgan fingerprint density at radius 3 is 2.25 bits per heavy atom. The summed E-state index contributed by atoms with van der Waals surface area (Å²) in [5, 5.41) is 12.4. The van der Waals surface area contributed by atoms with Crippen molar-refractivity contribution in [2.45, 2.75) is 40.5 Å². The molecule has 2 aromatic carbocycles. The number of carboxylic acid groups (broad SMARTS) is 1. The molecule has 0 aliphatic carbocycles. The third kappa shape index (κ3) is 10.9. The van der Waals surface area contributed by atoms with E-state index in [1.165, 1.54) is 29.3 Å². The Morgan fingerprint density at radius 2 is 1.68 bits per heavy atom. The first kappa shape index (κ1) is 36.1. The van der Waals surface area contributed by atoms with Gasteiger partial charge in [0, 0.05) is 30.0 Å². The van der Waals surface area contributed by atoms with E-state index in [4.69, 9.17) is 27.9 Å². The SMILES string of the molecule is CC.COc1cccc(C(=O)N(CCC(=O)O)CC(=O)N(CCC(C)C)CC(=O)Nc2ccc(-n3cnc(Cl)c3Cl)cc2)c1. The van der Waals surface area contributed by atoms with Gasteiger partial charge in [-0.2, -0.15) is 0 Å². The lowest BCUT2D eigenvalue weighted by Gasteiger charge is -2.28. The Bertz CT molecular complexity index is 1410. The number of halogens is 2. The van der Waals surface area contributed by atoms with Gasteiger partial charge in [-0.3, -0.25) is 23.7 Å². The predicted molar refractivity (Wildman–Crippen MR) is 171 cm³/mol. The molecule has 11 nitrogen and oxygen atoms in total. The van der Waals surface area contributed by atoms with E-state index in [1.54, 1.807) is 47.0 Å². The molecule has 238 valence electrons. The highest BCUT2D eigenvalue weighted by Crippen LogP contribution is 2.24. The predicted octanol–water partition coefficient (Wildman–Crippen LogP) is 5.64. The Balaban J connectivity index is 0.00000330. The molecule has 44 heavy (non-hydrogen) atoms. The van der Waals surface area contributed by atoms with Crippen LogP contribution in [0.4, 0.5) is 5.69 Å².